The minimum atomic E-state index is -0.824. The molecule has 90 valence electrons. The van der Waals surface area contributed by atoms with Crippen molar-refractivity contribution in [3.8, 4) is 0 Å². The van der Waals surface area contributed by atoms with E-state index in [2.05, 4.69) is 15.4 Å². The number of aliphatic carboxylic acids is 1. The van der Waals surface area contributed by atoms with Crippen LogP contribution in [-0.2, 0) is 4.79 Å². The highest BCUT2D eigenvalue weighted by atomic mass is 16.4. The van der Waals surface area contributed by atoms with E-state index in [1.807, 2.05) is 6.92 Å². The molecule has 0 aromatic carbocycles. The van der Waals surface area contributed by atoms with E-state index >= 15 is 0 Å². The molecule has 6 nitrogen and oxygen atoms in total. The number of hydrogen-bond acceptors (Lipinski definition) is 4. The van der Waals surface area contributed by atoms with Crippen LogP contribution < -0.4 is 5.32 Å². The van der Waals surface area contributed by atoms with Gasteiger partial charge < -0.3 is 10.4 Å². The van der Waals surface area contributed by atoms with Gasteiger partial charge in [0.15, 0.2) is 5.65 Å². The van der Waals surface area contributed by atoms with Crippen LogP contribution in [0.3, 0.4) is 0 Å². The first-order valence-electron chi connectivity index (χ1n) is 5.37. The zero-order valence-corrected chi connectivity index (χ0v) is 9.66. The maximum absolute atomic E-state index is 10.8. The van der Waals surface area contributed by atoms with Gasteiger partial charge in [-0.15, -0.1) is 0 Å². The Morgan fingerprint density at radius 1 is 1.47 bits per heavy atom. The number of carbonyl (C=O) groups is 1. The first-order chi connectivity index (χ1) is 8.08. The fourth-order valence-electron chi connectivity index (χ4n) is 1.47. The van der Waals surface area contributed by atoms with Gasteiger partial charge in [0.05, 0.1) is 12.1 Å². The largest absolute Gasteiger partial charge is 0.481 e. The van der Waals surface area contributed by atoms with E-state index in [1.165, 1.54) is 0 Å². The van der Waals surface area contributed by atoms with Gasteiger partial charge in [0.1, 0.15) is 5.82 Å². The van der Waals surface area contributed by atoms with Gasteiger partial charge in [0, 0.05) is 18.3 Å². The molecule has 0 radical (unpaired) electrons. The molecule has 2 atom stereocenters. The summed E-state index contributed by atoms with van der Waals surface area (Å²) in [7, 11) is 0. The fourth-order valence-corrected chi connectivity index (χ4v) is 1.47. The first kappa shape index (κ1) is 11.4. The number of aromatic nitrogens is 3. The average molecular weight is 234 g/mol. The molecule has 0 aliphatic rings. The Bertz CT molecular complexity index is 537. The third-order valence-corrected chi connectivity index (χ3v) is 2.77. The third kappa shape index (κ3) is 2.35. The highest BCUT2D eigenvalue weighted by Gasteiger charge is 2.19. The standard InChI is InChI=1S/C11H14N4O2/c1-7(11(16)17)8(2)13-9-4-6-15-10(14-9)3-5-12-15/h3-8H,1-2H3,(H,13,14)(H,16,17). The molecule has 0 spiro atoms. The number of nitrogens with one attached hydrogen (secondary N) is 1. The van der Waals surface area contributed by atoms with Crippen LogP contribution in [0.5, 0.6) is 0 Å². The van der Waals surface area contributed by atoms with Gasteiger partial charge in [-0.1, -0.05) is 0 Å². The molecule has 0 fully saturated rings. The number of hydrogen-bond donors (Lipinski definition) is 2. The predicted octanol–water partition coefficient (Wildman–Crippen LogP) is 1.25. The number of nitrogens with zero attached hydrogens (tertiary/aromatic N) is 3. The van der Waals surface area contributed by atoms with E-state index in [-0.39, 0.29) is 6.04 Å². The summed E-state index contributed by atoms with van der Waals surface area (Å²) in [6.07, 6.45) is 3.44. The molecule has 2 unspecified atom stereocenters. The van der Waals surface area contributed by atoms with Gasteiger partial charge in [0.2, 0.25) is 0 Å². The lowest BCUT2D eigenvalue weighted by atomic mass is 10.0. The summed E-state index contributed by atoms with van der Waals surface area (Å²) in [5.41, 5.74) is 0.727. The molecular formula is C11H14N4O2. The SMILES string of the molecule is CC(Nc1ccn2nccc2n1)C(C)C(=O)O. The van der Waals surface area contributed by atoms with Crippen LogP contribution in [0.4, 0.5) is 5.82 Å². The van der Waals surface area contributed by atoms with Crippen LogP contribution in [0.15, 0.2) is 24.5 Å². The van der Waals surface area contributed by atoms with Crippen molar-refractivity contribution in [3.05, 3.63) is 24.5 Å². The van der Waals surface area contributed by atoms with Gasteiger partial charge in [-0.05, 0) is 19.9 Å². The van der Waals surface area contributed by atoms with Crippen molar-refractivity contribution in [1.29, 1.82) is 0 Å². The second-order valence-corrected chi connectivity index (χ2v) is 4.01. The van der Waals surface area contributed by atoms with Gasteiger partial charge in [-0.3, -0.25) is 4.79 Å². The first-order valence-corrected chi connectivity index (χ1v) is 5.37. The van der Waals surface area contributed by atoms with E-state index < -0.39 is 11.9 Å². The predicted molar refractivity (Wildman–Crippen MR) is 62.9 cm³/mol. The number of carboxylic acids is 1. The van der Waals surface area contributed by atoms with Gasteiger partial charge in [-0.25, -0.2) is 9.50 Å². The van der Waals surface area contributed by atoms with Crippen molar-refractivity contribution in [2.45, 2.75) is 19.9 Å². The molecule has 0 aliphatic carbocycles. The zero-order valence-electron chi connectivity index (χ0n) is 9.66. The molecule has 0 saturated carbocycles. The van der Waals surface area contributed by atoms with Gasteiger partial charge in [-0.2, -0.15) is 5.10 Å². The Balaban J connectivity index is 2.15. The van der Waals surface area contributed by atoms with Crippen LogP contribution in [0, 0.1) is 5.92 Å². The van der Waals surface area contributed by atoms with Gasteiger partial charge in [0.25, 0.3) is 0 Å². The Hall–Kier alpha value is -2.11. The monoisotopic (exact) mass is 234 g/mol. The molecule has 17 heavy (non-hydrogen) atoms. The van der Waals surface area contributed by atoms with Crippen molar-refractivity contribution in [3.63, 3.8) is 0 Å². The summed E-state index contributed by atoms with van der Waals surface area (Å²) >= 11 is 0. The third-order valence-electron chi connectivity index (χ3n) is 2.77. The lowest BCUT2D eigenvalue weighted by Crippen LogP contribution is -2.30. The molecule has 0 saturated heterocycles. The molecule has 6 heteroatoms. The average Bonchev–Trinajstić information content (AvgIpc) is 2.74. The molecular weight excluding hydrogens is 220 g/mol. The summed E-state index contributed by atoms with van der Waals surface area (Å²) in [4.78, 5) is 15.1. The molecule has 2 N–H and O–H groups in total. The van der Waals surface area contributed by atoms with E-state index in [4.69, 9.17) is 5.11 Å². The van der Waals surface area contributed by atoms with Crippen molar-refractivity contribution in [2.24, 2.45) is 5.92 Å². The van der Waals surface area contributed by atoms with Crippen molar-refractivity contribution >= 4 is 17.4 Å². The smallest absolute Gasteiger partial charge is 0.308 e. The Labute approximate surface area is 98.3 Å². The van der Waals surface area contributed by atoms with E-state index in [1.54, 1.807) is 36.0 Å². The number of fused-ring (bicyclic) bond motifs is 1. The fraction of sp³-hybridized carbons (Fsp3) is 0.364. The maximum atomic E-state index is 10.8. The van der Waals surface area contributed by atoms with Gasteiger partial charge >= 0.3 is 5.97 Å². The molecule has 2 heterocycles. The molecule has 0 aliphatic heterocycles. The molecule has 0 bridgehead atoms. The molecule has 2 aromatic heterocycles. The topological polar surface area (TPSA) is 79.5 Å². The molecule has 2 rings (SSSR count). The highest BCUT2D eigenvalue weighted by Crippen LogP contribution is 2.11. The van der Waals surface area contributed by atoms with Crippen LogP contribution in [0.25, 0.3) is 5.65 Å². The lowest BCUT2D eigenvalue weighted by Gasteiger charge is -2.18. The normalized spacial score (nSPS) is 14.5. The van der Waals surface area contributed by atoms with Crippen LogP contribution in [0.2, 0.25) is 0 Å². The zero-order chi connectivity index (χ0) is 12.4. The molecule has 2 aromatic rings. The quantitative estimate of drug-likeness (QED) is 0.832. The summed E-state index contributed by atoms with van der Waals surface area (Å²) in [6.45, 7) is 3.48. The van der Waals surface area contributed by atoms with E-state index in [9.17, 15) is 4.79 Å². The maximum Gasteiger partial charge on any atom is 0.308 e. The van der Waals surface area contributed by atoms with E-state index in [0.29, 0.717) is 5.82 Å². The summed E-state index contributed by atoms with van der Waals surface area (Å²) in [5, 5.41) is 16.0. The van der Waals surface area contributed by atoms with Crippen molar-refractivity contribution < 1.29 is 9.90 Å². The van der Waals surface area contributed by atoms with Crippen LogP contribution in [0.1, 0.15) is 13.8 Å². The minimum Gasteiger partial charge on any atom is -0.481 e. The van der Waals surface area contributed by atoms with Crippen LogP contribution in [-0.4, -0.2) is 31.7 Å². The lowest BCUT2D eigenvalue weighted by molar-refractivity contribution is -0.141. The van der Waals surface area contributed by atoms with Crippen molar-refractivity contribution in [1.82, 2.24) is 14.6 Å². The number of rotatable bonds is 4. The second-order valence-electron chi connectivity index (χ2n) is 4.01. The number of carboxylic acid groups (broad SMARTS) is 1. The Morgan fingerprint density at radius 3 is 2.94 bits per heavy atom. The summed E-state index contributed by atoms with van der Waals surface area (Å²) < 4.78 is 1.65. The summed E-state index contributed by atoms with van der Waals surface area (Å²) in [6, 6.07) is 3.37. The van der Waals surface area contributed by atoms with Crippen LogP contribution >= 0.6 is 0 Å². The second kappa shape index (κ2) is 4.40. The Morgan fingerprint density at radius 2 is 2.24 bits per heavy atom. The molecule has 0 amide bonds. The highest BCUT2D eigenvalue weighted by molar-refractivity contribution is 5.71. The summed E-state index contributed by atoms with van der Waals surface area (Å²) in [5.74, 6) is -0.646. The Kier molecular flexibility index (Phi) is 2.95. The number of anilines is 1. The van der Waals surface area contributed by atoms with E-state index in [0.717, 1.165) is 5.65 Å². The minimum absolute atomic E-state index is 0.189. The van der Waals surface area contributed by atoms with Crippen molar-refractivity contribution in [2.75, 3.05) is 5.32 Å².